The number of rotatable bonds is 4. The van der Waals surface area contributed by atoms with E-state index in [1.165, 1.54) is 6.42 Å². The van der Waals surface area contributed by atoms with Crippen LogP contribution in [0.5, 0.6) is 0 Å². The summed E-state index contributed by atoms with van der Waals surface area (Å²) in [6, 6.07) is 0.237. The van der Waals surface area contributed by atoms with Gasteiger partial charge in [-0.2, -0.15) is 0 Å². The van der Waals surface area contributed by atoms with Gasteiger partial charge in [0.15, 0.2) is 0 Å². The molecule has 1 aliphatic carbocycles. The number of hydrogen-bond donors (Lipinski definition) is 2. The molecule has 5 nitrogen and oxygen atoms in total. The van der Waals surface area contributed by atoms with E-state index in [4.69, 9.17) is 5.11 Å². The normalized spacial score (nSPS) is 28.6. The Balaban J connectivity index is 1.86. The van der Waals surface area contributed by atoms with Crippen molar-refractivity contribution in [1.29, 1.82) is 0 Å². The van der Waals surface area contributed by atoms with Gasteiger partial charge in [-0.05, 0) is 43.9 Å². The zero-order valence-corrected chi connectivity index (χ0v) is 12.5. The molecule has 2 atom stereocenters. The molecule has 1 saturated heterocycles. The predicted molar refractivity (Wildman–Crippen MR) is 76.5 cm³/mol. The minimum Gasteiger partial charge on any atom is -0.481 e. The van der Waals surface area contributed by atoms with Crippen LogP contribution in [0.25, 0.3) is 0 Å². The monoisotopic (exact) mass is 282 g/mol. The van der Waals surface area contributed by atoms with Gasteiger partial charge in [0.05, 0.1) is 6.42 Å². The molecule has 1 heterocycles. The fraction of sp³-hybridized carbons (Fsp3) is 0.867. The first kappa shape index (κ1) is 15.1. The zero-order chi connectivity index (χ0) is 14.8. The van der Waals surface area contributed by atoms with Gasteiger partial charge in [-0.25, -0.2) is 4.79 Å². The summed E-state index contributed by atoms with van der Waals surface area (Å²) in [5.74, 6) is -0.231. The third kappa shape index (κ3) is 3.25. The summed E-state index contributed by atoms with van der Waals surface area (Å²) in [5.41, 5.74) is -0.202. The van der Waals surface area contributed by atoms with Crippen molar-refractivity contribution in [2.75, 3.05) is 13.1 Å². The van der Waals surface area contributed by atoms with Crippen molar-refractivity contribution in [2.24, 2.45) is 11.3 Å². The van der Waals surface area contributed by atoms with Crippen molar-refractivity contribution in [3.63, 3.8) is 0 Å². The van der Waals surface area contributed by atoms with E-state index in [1.807, 2.05) is 4.90 Å². The molecule has 0 aromatic carbocycles. The molecule has 114 valence electrons. The number of carboxylic acid groups (broad SMARTS) is 1. The summed E-state index contributed by atoms with van der Waals surface area (Å²) < 4.78 is 0. The Hall–Kier alpha value is -1.26. The van der Waals surface area contributed by atoms with Crippen LogP contribution in [0.1, 0.15) is 52.4 Å². The number of aliphatic carboxylic acids is 1. The number of nitrogens with zero attached hydrogens (tertiary/aromatic N) is 1. The van der Waals surface area contributed by atoms with Crippen LogP contribution in [0.2, 0.25) is 0 Å². The second-order valence-corrected chi connectivity index (χ2v) is 6.64. The Morgan fingerprint density at radius 1 is 1.30 bits per heavy atom. The Morgan fingerprint density at radius 2 is 2.00 bits per heavy atom. The van der Waals surface area contributed by atoms with Gasteiger partial charge in [0.1, 0.15) is 0 Å². The third-order valence-corrected chi connectivity index (χ3v) is 5.19. The van der Waals surface area contributed by atoms with Crippen LogP contribution in [-0.2, 0) is 4.79 Å². The van der Waals surface area contributed by atoms with Crippen molar-refractivity contribution in [3.8, 4) is 0 Å². The lowest BCUT2D eigenvalue weighted by molar-refractivity contribution is -0.141. The molecular formula is C15H26N2O3. The van der Waals surface area contributed by atoms with Gasteiger partial charge in [0.25, 0.3) is 0 Å². The number of hydrogen-bond acceptors (Lipinski definition) is 2. The highest BCUT2D eigenvalue weighted by atomic mass is 16.4. The van der Waals surface area contributed by atoms with Gasteiger partial charge in [-0.1, -0.05) is 13.3 Å². The Labute approximate surface area is 120 Å². The quantitative estimate of drug-likeness (QED) is 0.832. The second kappa shape index (κ2) is 6.02. The number of nitrogens with one attached hydrogen (secondary N) is 1. The summed E-state index contributed by atoms with van der Waals surface area (Å²) in [5, 5.41) is 12.0. The lowest BCUT2D eigenvalue weighted by Gasteiger charge is -2.42. The number of urea groups is 1. The van der Waals surface area contributed by atoms with Crippen LogP contribution in [0.4, 0.5) is 4.79 Å². The average molecular weight is 282 g/mol. The fourth-order valence-corrected chi connectivity index (χ4v) is 3.40. The standard InChI is InChI=1S/C15H26N2O3/c1-11-5-3-8-17(12(11)2)14(20)16-10-15(6-4-7-15)9-13(18)19/h11-12H,3-10H2,1-2H3,(H,16,20)(H,18,19). The van der Waals surface area contributed by atoms with E-state index in [0.717, 1.165) is 32.2 Å². The minimum atomic E-state index is -0.765. The molecule has 2 amide bonds. The van der Waals surface area contributed by atoms with Crippen LogP contribution in [0, 0.1) is 11.3 Å². The maximum Gasteiger partial charge on any atom is 0.317 e. The molecule has 2 aliphatic rings. The van der Waals surface area contributed by atoms with Crippen molar-refractivity contribution < 1.29 is 14.7 Å². The van der Waals surface area contributed by atoms with E-state index >= 15 is 0 Å². The highest BCUT2D eigenvalue weighted by Gasteiger charge is 2.40. The fourth-order valence-electron chi connectivity index (χ4n) is 3.40. The number of amides is 2. The molecular weight excluding hydrogens is 256 g/mol. The lowest BCUT2D eigenvalue weighted by atomic mass is 9.66. The molecule has 2 fully saturated rings. The van der Waals surface area contributed by atoms with Crippen LogP contribution in [-0.4, -0.2) is 41.1 Å². The summed E-state index contributed by atoms with van der Waals surface area (Å²) in [7, 11) is 0. The first-order valence-electron chi connectivity index (χ1n) is 7.70. The Morgan fingerprint density at radius 3 is 2.55 bits per heavy atom. The topological polar surface area (TPSA) is 69.6 Å². The maximum atomic E-state index is 12.3. The van der Waals surface area contributed by atoms with Crippen molar-refractivity contribution >= 4 is 12.0 Å². The van der Waals surface area contributed by atoms with Gasteiger partial charge in [-0.15, -0.1) is 0 Å². The number of carbonyl (C=O) groups is 2. The van der Waals surface area contributed by atoms with Gasteiger partial charge in [0.2, 0.25) is 0 Å². The van der Waals surface area contributed by atoms with Crippen molar-refractivity contribution in [3.05, 3.63) is 0 Å². The highest BCUT2D eigenvalue weighted by molar-refractivity contribution is 5.75. The molecule has 0 aromatic rings. The van der Waals surface area contributed by atoms with E-state index < -0.39 is 5.97 Å². The SMILES string of the molecule is CC1CCCN(C(=O)NCC2(CC(=O)O)CCC2)C1C. The van der Waals surface area contributed by atoms with E-state index in [2.05, 4.69) is 19.2 Å². The molecule has 0 spiro atoms. The molecule has 2 rings (SSSR count). The predicted octanol–water partition coefficient (Wildman–Crippen LogP) is 2.46. The van der Waals surface area contributed by atoms with Crippen molar-refractivity contribution in [1.82, 2.24) is 10.2 Å². The first-order valence-corrected chi connectivity index (χ1v) is 7.70. The summed E-state index contributed by atoms with van der Waals surface area (Å²) in [6.45, 7) is 5.58. The van der Waals surface area contributed by atoms with Crippen LogP contribution in [0.15, 0.2) is 0 Å². The molecule has 2 unspecified atom stereocenters. The van der Waals surface area contributed by atoms with E-state index in [-0.39, 0.29) is 23.9 Å². The van der Waals surface area contributed by atoms with E-state index in [9.17, 15) is 9.59 Å². The molecule has 2 N–H and O–H groups in total. The first-order chi connectivity index (χ1) is 9.43. The highest BCUT2D eigenvalue weighted by Crippen LogP contribution is 2.43. The molecule has 5 heteroatoms. The molecule has 0 bridgehead atoms. The van der Waals surface area contributed by atoms with Gasteiger partial charge < -0.3 is 15.3 Å². The minimum absolute atomic E-state index is 0.0271. The van der Waals surface area contributed by atoms with Crippen LogP contribution >= 0.6 is 0 Å². The lowest BCUT2D eigenvalue weighted by Crippen LogP contribution is -2.53. The van der Waals surface area contributed by atoms with Gasteiger partial charge in [0, 0.05) is 19.1 Å². The largest absolute Gasteiger partial charge is 0.481 e. The van der Waals surface area contributed by atoms with Gasteiger partial charge >= 0.3 is 12.0 Å². The summed E-state index contributed by atoms with van der Waals surface area (Å²) >= 11 is 0. The second-order valence-electron chi connectivity index (χ2n) is 6.64. The van der Waals surface area contributed by atoms with Crippen molar-refractivity contribution in [2.45, 2.75) is 58.4 Å². The number of carboxylic acids is 1. The number of carbonyl (C=O) groups excluding carboxylic acids is 1. The smallest absolute Gasteiger partial charge is 0.317 e. The van der Waals surface area contributed by atoms with E-state index in [1.54, 1.807) is 0 Å². The van der Waals surface area contributed by atoms with Gasteiger partial charge in [-0.3, -0.25) is 4.79 Å². The van der Waals surface area contributed by atoms with E-state index in [0.29, 0.717) is 12.5 Å². The molecule has 20 heavy (non-hydrogen) atoms. The molecule has 1 saturated carbocycles. The maximum absolute atomic E-state index is 12.3. The Bertz CT molecular complexity index is 379. The van der Waals surface area contributed by atoms with Crippen LogP contribution < -0.4 is 5.32 Å². The molecule has 0 radical (unpaired) electrons. The third-order valence-electron chi connectivity index (χ3n) is 5.19. The molecule has 0 aromatic heterocycles. The summed E-state index contributed by atoms with van der Waals surface area (Å²) in [6.07, 6.45) is 5.28. The average Bonchev–Trinajstić information content (AvgIpc) is 2.35. The summed E-state index contributed by atoms with van der Waals surface area (Å²) in [4.78, 5) is 25.1. The number of likely N-dealkylation sites (tertiary alicyclic amines) is 1. The van der Waals surface area contributed by atoms with Crippen LogP contribution in [0.3, 0.4) is 0 Å². The Kier molecular flexibility index (Phi) is 4.55. The number of piperidine rings is 1. The molecule has 1 aliphatic heterocycles. The zero-order valence-electron chi connectivity index (χ0n) is 12.5.